The molecule has 1 heterocycles. The molecule has 2 rings (SSSR count). The summed E-state index contributed by atoms with van der Waals surface area (Å²) in [6, 6.07) is 6.62. The lowest BCUT2D eigenvalue weighted by molar-refractivity contribution is -0.122. The van der Waals surface area contributed by atoms with Crippen molar-refractivity contribution in [1.82, 2.24) is 0 Å². The molecule has 0 saturated heterocycles. The number of hydrogen-bond acceptors (Lipinski definition) is 1. The third-order valence-electron chi connectivity index (χ3n) is 4.54. The van der Waals surface area contributed by atoms with Gasteiger partial charge in [0.2, 0.25) is 5.91 Å². The summed E-state index contributed by atoms with van der Waals surface area (Å²) < 4.78 is 0. The first-order valence-electron chi connectivity index (χ1n) is 8.17. The van der Waals surface area contributed by atoms with E-state index in [1.54, 1.807) is 0 Å². The third kappa shape index (κ3) is 3.68. The van der Waals surface area contributed by atoms with Crippen LogP contribution in [0.2, 0.25) is 0 Å². The second kappa shape index (κ2) is 7.44. The molecule has 1 unspecified atom stereocenters. The summed E-state index contributed by atoms with van der Waals surface area (Å²) in [4.78, 5) is 15.1. The van der Waals surface area contributed by atoms with E-state index in [1.165, 1.54) is 11.1 Å². The maximum atomic E-state index is 12.6. The molecule has 0 radical (unpaired) electrons. The molecule has 0 bridgehead atoms. The predicted molar refractivity (Wildman–Crippen MR) is 93.3 cm³/mol. The monoisotopic (exact) mass is 351 g/mol. The Hall–Kier alpha value is -0.830. The molecular weight excluding hydrogens is 326 g/mol. The summed E-state index contributed by atoms with van der Waals surface area (Å²) in [7, 11) is 0. The van der Waals surface area contributed by atoms with Gasteiger partial charge in [-0.15, -0.1) is 0 Å². The van der Waals surface area contributed by atoms with Gasteiger partial charge >= 0.3 is 0 Å². The van der Waals surface area contributed by atoms with Crippen molar-refractivity contribution < 1.29 is 4.79 Å². The van der Waals surface area contributed by atoms with Crippen molar-refractivity contribution in [3.63, 3.8) is 0 Å². The minimum absolute atomic E-state index is 0.169. The van der Waals surface area contributed by atoms with E-state index in [-0.39, 0.29) is 5.92 Å². The zero-order valence-corrected chi connectivity index (χ0v) is 14.9. The minimum atomic E-state index is 0.169. The lowest BCUT2D eigenvalue weighted by Gasteiger charge is -2.22. The van der Waals surface area contributed by atoms with Crippen LogP contribution in [0.5, 0.6) is 0 Å². The van der Waals surface area contributed by atoms with E-state index >= 15 is 0 Å². The number of rotatable bonds is 6. The van der Waals surface area contributed by atoms with Gasteiger partial charge in [-0.1, -0.05) is 48.8 Å². The Morgan fingerprint density at radius 1 is 1.24 bits per heavy atom. The van der Waals surface area contributed by atoms with Crippen LogP contribution < -0.4 is 4.90 Å². The largest absolute Gasteiger partial charge is 0.312 e. The number of carbonyl (C=O) groups excluding carboxylic acids is 1. The Morgan fingerprint density at radius 3 is 2.57 bits per heavy atom. The normalized spacial score (nSPS) is 15.4. The van der Waals surface area contributed by atoms with Crippen molar-refractivity contribution in [2.45, 2.75) is 57.7 Å². The van der Waals surface area contributed by atoms with Crippen molar-refractivity contribution in [3.05, 3.63) is 29.3 Å². The van der Waals surface area contributed by atoms with Crippen LogP contribution in [0, 0.1) is 5.92 Å². The van der Waals surface area contributed by atoms with Gasteiger partial charge in [0, 0.05) is 23.0 Å². The highest BCUT2D eigenvalue weighted by atomic mass is 79.9. The fourth-order valence-electron chi connectivity index (χ4n) is 3.07. The fraction of sp³-hybridized carbons (Fsp3) is 0.611. The molecule has 0 aromatic heterocycles. The van der Waals surface area contributed by atoms with E-state index in [4.69, 9.17) is 0 Å². The summed E-state index contributed by atoms with van der Waals surface area (Å²) in [5.41, 5.74) is 3.84. The van der Waals surface area contributed by atoms with Gasteiger partial charge in [0.15, 0.2) is 0 Å². The Balaban J connectivity index is 2.16. The van der Waals surface area contributed by atoms with Crippen LogP contribution in [0.25, 0.3) is 0 Å². The Labute approximate surface area is 137 Å². The van der Waals surface area contributed by atoms with Crippen LogP contribution in [0.15, 0.2) is 18.2 Å². The molecule has 0 aliphatic carbocycles. The van der Waals surface area contributed by atoms with Crippen molar-refractivity contribution >= 4 is 27.5 Å². The number of anilines is 1. The van der Waals surface area contributed by atoms with E-state index in [0.29, 0.717) is 10.7 Å². The van der Waals surface area contributed by atoms with Crippen LogP contribution in [0.3, 0.4) is 0 Å². The quantitative estimate of drug-likeness (QED) is 0.678. The first kappa shape index (κ1) is 16.5. The second-order valence-electron chi connectivity index (χ2n) is 5.93. The van der Waals surface area contributed by atoms with E-state index < -0.39 is 0 Å². The van der Waals surface area contributed by atoms with Gasteiger partial charge in [-0.3, -0.25) is 4.79 Å². The van der Waals surface area contributed by atoms with Gasteiger partial charge < -0.3 is 4.90 Å². The molecule has 116 valence electrons. The predicted octanol–water partition coefficient (Wildman–Crippen LogP) is 4.73. The molecule has 1 atom stereocenters. The molecule has 0 fully saturated rings. The average molecular weight is 352 g/mol. The highest BCUT2D eigenvalue weighted by Gasteiger charge is 2.28. The maximum Gasteiger partial charge on any atom is 0.230 e. The molecule has 1 aliphatic heterocycles. The number of carbonyl (C=O) groups is 1. The lowest BCUT2D eigenvalue weighted by Crippen LogP contribution is -2.34. The summed E-state index contributed by atoms with van der Waals surface area (Å²) in [6.07, 6.45) is 5.05. The number of fused-ring (bicyclic) bond motifs is 1. The molecule has 1 amide bonds. The highest BCUT2D eigenvalue weighted by molar-refractivity contribution is 9.09. The van der Waals surface area contributed by atoms with Gasteiger partial charge in [-0.2, -0.15) is 0 Å². The molecule has 21 heavy (non-hydrogen) atoms. The fourth-order valence-corrected chi connectivity index (χ4v) is 3.44. The highest BCUT2D eigenvalue weighted by Crippen LogP contribution is 2.31. The molecule has 0 saturated carbocycles. The average Bonchev–Trinajstić information content (AvgIpc) is 2.91. The van der Waals surface area contributed by atoms with Crippen LogP contribution in [-0.2, 0) is 17.6 Å². The molecule has 1 aliphatic rings. The Kier molecular flexibility index (Phi) is 5.86. The molecular formula is C18H26BrNO. The molecule has 1 aromatic carbocycles. The number of benzene rings is 1. The van der Waals surface area contributed by atoms with Gasteiger partial charge in [0.1, 0.15) is 0 Å². The standard InChI is InChI=1S/C18H26BrNO/c1-4-14(5-2)18(21)20-10-9-15-11-13(7-8-17(15)20)12-16(19)6-3/h7-8,11,14,16H,4-6,9-10,12H2,1-3H3. The van der Waals surface area contributed by atoms with Crippen molar-refractivity contribution in [3.8, 4) is 0 Å². The SMILES string of the molecule is CCC(Br)Cc1ccc2c(c1)CCN2C(=O)C(CC)CC. The second-order valence-corrected chi connectivity index (χ2v) is 7.22. The van der Waals surface area contributed by atoms with E-state index in [0.717, 1.165) is 44.3 Å². The van der Waals surface area contributed by atoms with Gasteiger partial charge in [-0.05, 0) is 49.3 Å². The van der Waals surface area contributed by atoms with Crippen LogP contribution in [0.1, 0.15) is 51.2 Å². The molecule has 0 N–H and O–H groups in total. The molecule has 1 aromatic rings. The maximum absolute atomic E-state index is 12.6. The van der Waals surface area contributed by atoms with Gasteiger partial charge in [-0.25, -0.2) is 0 Å². The summed E-state index contributed by atoms with van der Waals surface area (Å²) >= 11 is 3.70. The number of amides is 1. The van der Waals surface area contributed by atoms with E-state index in [9.17, 15) is 4.79 Å². The van der Waals surface area contributed by atoms with Crippen molar-refractivity contribution in [2.24, 2.45) is 5.92 Å². The summed E-state index contributed by atoms with van der Waals surface area (Å²) in [5, 5.41) is 0. The summed E-state index contributed by atoms with van der Waals surface area (Å²) in [5.74, 6) is 0.473. The van der Waals surface area contributed by atoms with E-state index in [2.05, 4.69) is 54.9 Å². The number of halogens is 1. The molecule has 3 heteroatoms. The molecule has 0 spiro atoms. The zero-order valence-electron chi connectivity index (χ0n) is 13.4. The van der Waals surface area contributed by atoms with Gasteiger partial charge in [0.25, 0.3) is 0 Å². The van der Waals surface area contributed by atoms with Crippen LogP contribution in [-0.4, -0.2) is 17.3 Å². The van der Waals surface area contributed by atoms with Crippen LogP contribution in [0.4, 0.5) is 5.69 Å². The smallest absolute Gasteiger partial charge is 0.230 e. The van der Waals surface area contributed by atoms with Gasteiger partial charge in [0.05, 0.1) is 0 Å². The summed E-state index contributed by atoms with van der Waals surface area (Å²) in [6.45, 7) is 7.25. The van der Waals surface area contributed by atoms with Crippen molar-refractivity contribution in [2.75, 3.05) is 11.4 Å². The first-order valence-corrected chi connectivity index (χ1v) is 9.09. The third-order valence-corrected chi connectivity index (χ3v) is 5.51. The van der Waals surface area contributed by atoms with E-state index in [1.807, 2.05) is 4.90 Å². The topological polar surface area (TPSA) is 20.3 Å². The number of nitrogens with zero attached hydrogens (tertiary/aromatic N) is 1. The first-order chi connectivity index (χ1) is 10.1. The Morgan fingerprint density at radius 2 is 1.95 bits per heavy atom. The Bertz CT molecular complexity index is 496. The minimum Gasteiger partial charge on any atom is -0.312 e. The van der Waals surface area contributed by atoms with Crippen molar-refractivity contribution in [1.29, 1.82) is 0 Å². The molecule has 2 nitrogen and oxygen atoms in total. The lowest BCUT2D eigenvalue weighted by atomic mass is 10.0. The number of hydrogen-bond donors (Lipinski definition) is 0. The number of alkyl halides is 1. The zero-order chi connectivity index (χ0) is 15.4. The van der Waals surface area contributed by atoms with Crippen LogP contribution >= 0.6 is 15.9 Å².